The maximum absolute atomic E-state index is 13.1. The van der Waals surface area contributed by atoms with Gasteiger partial charge in [0.2, 0.25) is 9.84 Å². The van der Waals surface area contributed by atoms with Gasteiger partial charge >= 0.3 is 0 Å². The average Bonchev–Trinajstić information content (AvgIpc) is 3.08. The van der Waals surface area contributed by atoms with Crippen molar-refractivity contribution >= 4 is 9.84 Å². The first-order chi connectivity index (χ1) is 11.3. The number of likely N-dealkylation sites (tertiary alicyclic amines) is 1. The van der Waals surface area contributed by atoms with E-state index in [2.05, 4.69) is 0 Å². The monoisotopic (exact) mass is 345 g/mol. The van der Waals surface area contributed by atoms with Crippen LogP contribution < -0.4 is 0 Å². The predicted molar refractivity (Wildman–Crippen MR) is 94.9 cm³/mol. The fraction of sp³-hybridized carbons (Fsp3) is 0.444. The molecule has 128 valence electrons. The molecule has 0 aromatic carbocycles. The summed E-state index contributed by atoms with van der Waals surface area (Å²) in [6.45, 7) is 8.16. The molecule has 0 unspecified atom stereocenters. The lowest BCUT2D eigenvalue weighted by atomic mass is 10.1. The summed E-state index contributed by atoms with van der Waals surface area (Å²) < 4.78 is 26.1. The molecular formula is C18H23N3O2S. The van der Waals surface area contributed by atoms with Crippen LogP contribution in [-0.4, -0.2) is 26.4 Å². The SMILES string of the molecule is C/C=C\C=C(/C)S(=O)(=O)/C(C(C)=C(C#N)C#N)=C(/C)N1CCCC1. The highest BCUT2D eigenvalue weighted by molar-refractivity contribution is 7.99. The van der Waals surface area contributed by atoms with Crippen molar-refractivity contribution in [3.63, 3.8) is 0 Å². The van der Waals surface area contributed by atoms with Crippen LogP contribution in [0.25, 0.3) is 0 Å². The van der Waals surface area contributed by atoms with Crippen LogP contribution in [0.1, 0.15) is 40.5 Å². The molecular weight excluding hydrogens is 322 g/mol. The molecule has 0 aromatic heterocycles. The zero-order valence-electron chi connectivity index (χ0n) is 14.6. The highest BCUT2D eigenvalue weighted by Gasteiger charge is 2.29. The molecule has 0 amide bonds. The quantitative estimate of drug-likeness (QED) is 0.561. The number of hydrogen-bond donors (Lipinski definition) is 0. The summed E-state index contributed by atoms with van der Waals surface area (Å²) in [5.41, 5.74) is 0.629. The Morgan fingerprint density at radius 1 is 1.08 bits per heavy atom. The number of rotatable bonds is 5. The molecule has 1 heterocycles. The Bertz CT molecular complexity index is 778. The van der Waals surface area contributed by atoms with Gasteiger partial charge in [0.15, 0.2) is 0 Å². The topological polar surface area (TPSA) is 85.0 Å². The van der Waals surface area contributed by atoms with E-state index < -0.39 is 9.84 Å². The van der Waals surface area contributed by atoms with Gasteiger partial charge in [-0.2, -0.15) is 10.5 Å². The lowest BCUT2D eigenvalue weighted by Crippen LogP contribution is -2.22. The van der Waals surface area contributed by atoms with E-state index in [9.17, 15) is 8.42 Å². The van der Waals surface area contributed by atoms with Crippen LogP contribution in [0, 0.1) is 22.7 Å². The van der Waals surface area contributed by atoms with Gasteiger partial charge in [-0.15, -0.1) is 0 Å². The summed E-state index contributed by atoms with van der Waals surface area (Å²) in [5, 5.41) is 18.3. The van der Waals surface area contributed by atoms with E-state index in [1.165, 1.54) is 19.9 Å². The van der Waals surface area contributed by atoms with Gasteiger partial charge in [0.05, 0.1) is 4.91 Å². The smallest absolute Gasteiger partial charge is 0.204 e. The number of nitrogens with zero attached hydrogens (tertiary/aromatic N) is 3. The van der Waals surface area contributed by atoms with Crippen LogP contribution in [0.3, 0.4) is 0 Å². The van der Waals surface area contributed by atoms with Gasteiger partial charge in [-0.3, -0.25) is 0 Å². The average molecular weight is 345 g/mol. The molecule has 0 atom stereocenters. The predicted octanol–water partition coefficient (Wildman–Crippen LogP) is 3.57. The van der Waals surface area contributed by atoms with E-state index in [0.717, 1.165) is 25.9 Å². The summed E-state index contributed by atoms with van der Waals surface area (Å²) in [6, 6.07) is 3.60. The first kappa shape index (κ1) is 19.7. The Labute approximate surface area is 144 Å². The maximum atomic E-state index is 13.1. The highest BCUT2D eigenvalue weighted by Crippen LogP contribution is 2.31. The third kappa shape index (κ3) is 4.15. The molecule has 0 N–H and O–H groups in total. The van der Waals surface area contributed by atoms with Crippen molar-refractivity contribution < 1.29 is 8.42 Å². The summed E-state index contributed by atoms with van der Waals surface area (Å²) in [4.78, 5) is 2.26. The highest BCUT2D eigenvalue weighted by atomic mass is 32.2. The molecule has 0 aromatic rings. The van der Waals surface area contributed by atoms with Crippen molar-refractivity contribution in [3.05, 3.63) is 44.9 Å². The van der Waals surface area contributed by atoms with Crippen LogP contribution >= 0.6 is 0 Å². The van der Waals surface area contributed by atoms with Crippen molar-refractivity contribution in [2.45, 2.75) is 40.5 Å². The molecule has 1 fully saturated rings. The number of allylic oxidation sites excluding steroid dienone is 7. The van der Waals surface area contributed by atoms with Crippen LogP contribution in [0.15, 0.2) is 44.9 Å². The standard InChI is InChI=1S/C18H23N3O2S/c1-5-6-9-14(2)24(22,23)18(15(3)17(12-19)13-20)16(4)21-10-7-8-11-21/h5-6,9H,7-8,10-11H2,1-4H3/b6-5-,14-9+,18-16-. The Morgan fingerprint density at radius 2 is 1.62 bits per heavy atom. The fourth-order valence-corrected chi connectivity index (χ4v) is 4.25. The van der Waals surface area contributed by atoms with Gasteiger partial charge in [-0.25, -0.2) is 8.42 Å². The van der Waals surface area contributed by atoms with Gasteiger partial charge in [0.25, 0.3) is 0 Å². The van der Waals surface area contributed by atoms with E-state index in [-0.39, 0.29) is 21.0 Å². The molecule has 0 saturated carbocycles. The Balaban J connectivity index is 3.69. The molecule has 0 bridgehead atoms. The number of hydrogen-bond acceptors (Lipinski definition) is 5. The van der Waals surface area contributed by atoms with E-state index in [1.807, 2.05) is 4.90 Å². The molecule has 6 heteroatoms. The Hall–Kier alpha value is -2.31. The second kappa shape index (κ2) is 8.52. The van der Waals surface area contributed by atoms with E-state index in [0.29, 0.717) is 5.70 Å². The van der Waals surface area contributed by atoms with E-state index in [1.54, 1.807) is 38.1 Å². The van der Waals surface area contributed by atoms with E-state index in [4.69, 9.17) is 10.5 Å². The number of nitriles is 2. The van der Waals surface area contributed by atoms with Gasteiger partial charge < -0.3 is 4.90 Å². The third-order valence-corrected chi connectivity index (χ3v) is 6.19. The van der Waals surface area contributed by atoms with Crippen molar-refractivity contribution in [1.29, 1.82) is 10.5 Å². The van der Waals surface area contributed by atoms with Gasteiger partial charge in [-0.1, -0.05) is 12.2 Å². The van der Waals surface area contributed by atoms with Gasteiger partial charge in [0, 0.05) is 23.7 Å². The Morgan fingerprint density at radius 3 is 2.08 bits per heavy atom. The Kier molecular flexibility index (Phi) is 7.00. The van der Waals surface area contributed by atoms with Gasteiger partial charge in [0.1, 0.15) is 17.7 Å². The van der Waals surface area contributed by atoms with Gasteiger partial charge in [-0.05, 0) is 52.2 Å². The summed E-state index contributed by atoms with van der Waals surface area (Å²) in [6.07, 6.45) is 6.94. The summed E-state index contributed by atoms with van der Waals surface area (Å²) in [5.74, 6) is 0. The third-order valence-electron chi connectivity index (χ3n) is 4.06. The van der Waals surface area contributed by atoms with E-state index >= 15 is 0 Å². The molecule has 24 heavy (non-hydrogen) atoms. The van der Waals surface area contributed by atoms with Crippen LogP contribution in [0.5, 0.6) is 0 Å². The van der Waals surface area contributed by atoms with Crippen LogP contribution in [0.4, 0.5) is 0 Å². The molecule has 1 rings (SSSR count). The first-order valence-electron chi connectivity index (χ1n) is 7.83. The largest absolute Gasteiger partial charge is 0.374 e. The van der Waals surface area contributed by atoms with Crippen molar-refractivity contribution in [1.82, 2.24) is 4.90 Å². The molecule has 0 aliphatic carbocycles. The van der Waals surface area contributed by atoms with Crippen LogP contribution in [-0.2, 0) is 9.84 Å². The number of sulfone groups is 1. The molecule has 0 spiro atoms. The minimum atomic E-state index is -3.79. The fourth-order valence-electron chi connectivity index (χ4n) is 2.65. The molecule has 0 radical (unpaired) electrons. The zero-order chi connectivity index (χ0) is 18.3. The second-order valence-corrected chi connectivity index (χ2v) is 7.70. The molecule has 5 nitrogen and oxygen atoms in total. The van der Waals surface area contributed by atoms with Crippen molar-refractivity contribution in [2.75, 3.05) is 13.1 Å². The minimum Gasteiger partial charge on any atom is -0.374 e. The summed E-state index contributed by atoms with van der Waals surface area (Å²) in [7, 11) is -3.79. The normalized spacial score (nSPS) is 16.6. The maximum Gasteiger partial charge on any atom is 0.204 e. The minimum absolute atomic E-state index is 0.0701. The van der Waals surface area contributed by atoms with Crippen molar-refractivity contribution in [3.8, 4) is 12.1 Å². The van der Waals surface area contributed by atoms with Crippen molar-refractivity contribution in [2.24, 2.45) is 0 Å². The van der Waals surface area contributed by atoms with Crippen LogP contribution in [0.2, 0.25) is 0 Å². The lowest BCUT2D eigenvalue weighted by molar-refractivity contribution is 0.425. The lowest BCUT2D eigenvalue weighted by Gasteiger charge is -2.23. The molecule has 1 saturated heterocycles. The second-order valence-electron chi connectivity index (χ2n) is 5.64. The summed E-state index contributed by atoms with van der Waals surface area (Å²) >= 11 is 0. The zero-order valence-corrected chi connectivity index (χ0v) is 15.4. The first-order valence-corrected chi connectivity index (χ1v) is 9.31. The molecule has 1 aliphatic rings. The molecule has 1 aliphatic heterocycles.